The highest BCUT2D eigenvalue weighted by molar-refractivity contribution is 9.37. The molecule has 4 unspecified atom stereocenters. The summed E-state index contributed by atoms with van der Waals surface area (Å²) < 4.78 is 0. The maximum atomic E-state index is 3.58. The van der Waals surface area contributed by atoms with Gasteiger partial charge in [-0.05, 0) is 63.4 Å². The SMILES string of the molecule is CC(PBr)C1CCCCC1.CC(PBr)C1CCCCC1. The van der Waals surface area contributed by atoms with Crippen molar-refractivity contribution in [1.29, 1.82) is 0 Å². The molecule has 0 spiro atoms. The van der Waals surface area contributed by atoms with Crippen molar-refractivity contribution in [3.63, 3.8) is 0 Å². The molecule has 2 fully saturated rings. The second kappa shape index (κ2) is 12.3. The van der Waals surface area contributed by atoms with E-state index in [1.165, 1.54) is 64.2 Å². The molecule has 0 aromatic rings. The fourth-order valence-electron chi connectivity index (χ4n) is 3.45. The van der Waals surface area contributed by atoms with Crippen molar-refractivity contribution in [3.05, 3.63) is 0 Å². The third kappa shape index (κ3) is 7.89. The van der Waals surface area contributed by atoms with Crippen molar-refractivity contribution >= 4 is 45.5 Å². The van der Waals surface area contributed by atoms with Crippen LogP contribution >= 0.6 is 45.5 Å². The highest BCUT2D eigenvalue weighted by Gasteiger charge is 2.19. The van der Waals surface area contributed by atoms with Gasteiger partial charge in [0.05, 0.1) is 0 Å². The smallest absolute Gasteiger partial charge is 0.0138 e. The molecule has 0 radical (unpaired) electrons. The zero-order valence-electron chi connectivity index (χ0n) is 13.1. The first-order valence-corrected chi connectivity index (χ1v) is 15.1. The minimum atomic E-state index is 0.931. The van der Waals surface area contributed by atoms with Gasteiger partial charge in [-0.15, -0.1) is 0 Å². The summed E-state index contributed by atoms with van der Waals surface area (Å²) in [7, 11) is 1.95. The highest BCUT2D eigenvalue weighted by atomic mass is 79.9. The van der Waals surface area contributed by atoms with Crippen LogP contribution < -0.4 is 0 Å². The number of halogens is 2. The topological polar surface area (TPSA) is 0 Å². The normalized spacial score (nSPS) is 25.8. The number of hydrogen-bond acceptors (Lipinski definition) is 0. The fourth-order valence-corrected chi connectivity index (χ4v) is 6.71. The minimum Gasteiger partial charge on any atom is -0.0639 e. The molecule has 20 heavy (non-hydrogen) atoms. The molecule has 0 amide bonds. The van der Waals surface area contributed by atoms with E-state index in [2.05, 4.69) is 44.8 Å². The van der Waals surface area contributed by atoms with Gasteiger partial charge in [-0.2, -0.15) is 0 Å². The molecule has 2 saturated carbocycles. The summed E-state index contributed by atoms with van der Waals surface area (Å²) in [5, 5.41) is 0. The molecule has 4 heteroatoms. The summed E-state index contributed by atoms with van der Waals surface area (Å²) in [6.45, 7) is 4.76. The number of hydrogen-bond donors (Lipinski definition) is 0. The van der Waals surface area contributed by atoms with Crippen LogP contribution in [0.2, 0.25) is 0 Å². The van der Waals surface area contributed by atoms with Gasteiger partial charge in [0.15, 0.2) is 0 Å². The monoisotopic (exact) mass is 444 g/mol. The van der Waals surface area contributed by atoms with Crippen molar-refractivity contribution in [3.8, 4) is 0 Å². The van der Waals surface area contributed by atoms with E-state index in [0.29, 0.717) is 0 Å². The van der Waals surface area contributed by atoms with E-state index in [9.17, 15) is 0 Å². The van der Waals surface area contributed by atoms with Crippen LogP contribution in [0.1, 0.15) is 78.1 Å². The summed E-state index contributed by atoms with van der Waals surface area (Å²) in [6.07, 6.45) is 14.8. The van der Waals surface area contributed by atoms with Gasteiger partial charge in [0, 0.05) is 0 Å². The summed E-state index contributed by atoms with van der Waals surface area (Å²) in [4.78, 5) is 0. The van der Waals surface area contributed by atoms with E-state index in [1.54, 1.807) is 0 Å². The third-order valence-corrected chi connectivity index (χ3v) is 11.0. The molecule has 4 atom stereocenters. The first-order chi connectivity index (χ1) is 9.69. The molecule has 0 saturated heterocycles. The van der Waals surface area contributed by atoms with Gasteiger partial charge >= 0.3 is 0 Å². The van der Waals surface area contributed by atoms with Gasteiger partial charge < -0.3 is 0 Å². The predicted octanol–water partition coefficient (Wildman–Crippen LogP) is 7.89. The van der Waals surface area contributed by atoms with Crippen molar-refractivity contribution in [1.82, 2.24) is 0 Å². The Morgan fingerprint density at radius 3 is 1.20 bits per heavy atom. The van der Waals surface area contributed by atoms with Crippen LogP contribution in [0.15, 0.2) is 0 Å². The molecule has 0 bridgehead atoms. The Kier molecular flexibility index (Phi) is 12.2. The van der Waals surface area contributed by atoms with Gasteiger partial charge in [-0.1, -0.05) is 83.4 Å². The molecule has 0 N–H and O–H groups in total. The second-order valence-corrected chi connectivity index (χ2v) is 11.6. The summed E-state index contributed by atoms with van der Waals surface area (Å²) in [5.74, 6) is 2.07. The van der Waals surface area contributed by atoms with Gasteiger partial charge in [0.1, 0.15) is 0 Å². The van der Waals surface area contributed by atoms with E-state index in [0.717, 1.165) is 37.7 Å². The quantitative estimate of drug-likeness (QED) is 0.386. The largest absolute Gasteiger partial charge is 0.0639 e. The molecule has 2 aliphatic rings. The van der Waals surface area contributed by atoms with E-state index in [-0.39, 0.29) is 0 Å². The Hall–Kier alpha value is 1.82. The molecular formula is C16H32Br2P2. The molecular weight excluding hydrogens is 414 g/mol. The summed E-state index contributed by atoms with van der Waals surface area (Å²) in [5.41, 5.74) is 1.86. The zero-order valence-corrected chi connectivity index (χ0v) is 18.3. The van der Waals surface area contributed by atoms with E-state index in [4.69, 9.17) is 0 Å². The first kappa shape index (κ1) is 19.9. The van der Waals surface area contributed by atoms with Gasteiger partial charge in [-0.25, -0.2) is 0 Å². The van der Waals surface area contributed by atoms with Crippen molar-refractivity contribution in [2.45, 2.75) is 89.4 Å². The average molecular weight is 446 g/mol. The average Bonchev–Trinajstić information content (AvgIpc) is 2.55. The molecule has 2 rings (SSSR count). The predicted molar refractivity (Wildman–Crippen MR) is 107 cm³/mol. The number of rotatable bonds is 4. The molecule has 0 aliphatic heterocycles. The van der Waals surface area contributed by atoms with Gasteiger partial charge in [0.2, 0.25) is 0 Å². The van der Waals surface area contributed by atoms with E-state index in [1.807, 2.05) is 0 Å². The summed E-state index contributed by atoms with van der Waals surface area (Å²) >= 11 is 7.16. The van der Waals surface area contributed by atoms with Crippen molar-refractivity contribution < 1.29 is 0 Å². The zero-order chi connectivity index (χ0) is 14.8. The lowest BCUT2D eigenvalue weighted by atomic mass is 9.87. The highest BCUT2D eigenvalue weighted by Crippen LogP contribution is 2.39. The van der Waals surface area contributed by atoms with Crippen LogP contribution in [-0.2, 0) is 0 Å². The van der Waals surface area contributed by atoms with Crippen LogP contribution in [0.25, 0.3) is 0 Å². The lowest BCUT2D eigenvalue weighted by molar-refractivity contribution is 0.356. The molecule has 2 aliphatic carbocycles. The molecule has 120 valence electrons. The van der Waals surface area contributed by atoms with E-state index < -0.39 is 0 Å². The molecule has 0 nitrogen and oxygen atoms in total. The van der Waals surface area contributed by atoms with Gasteiger partial charge in [-0.3, -0.25) is 0 Å². The Bertz CT molecular complexity index is 203. The van der Waals surface area contributed by atoms with Crippen molar-refractivity contribution in [2.75, 3.05) is 0 Å². The lowest BCUT2D eigenvalue weighted by Gasteiger charge is -2.25. The van der Waals surface area contributed by atoms with Crippen LogP contribution in [-0.4, -0.2) is 11.3 Å². The van der Waals surface area contributed by atoms with Crippen LogP contribution in [0.5, 0.6) is 0 Å². The maximum Gasteiger partial charge on any atom is -0.0138 e. The molecule has 0 aromatic carbocycles. The van der Waals surface area contributed by atoms with Crippen LogP contribution in [0, 0.1) is 11.8 Å². The fraction of sp³-hybridized carbons (Fsp3) is 1.00. The minimum absolute atomic E-state index is 0.931. The third-order valence-electron chi connectivity index (χ3n) is 5.06. The van der Waals surface area contributed by atoms with Crippen LogP contribution in [0.4, 0.5) is 0 Å². The van der Waals surface area contributed by atoms with E-state index >= 15 is 0 Å². The standard InChI is InChI=1S/2C8H16BrP/c2*1-7(10-9)8-5-3-2-4-6-8/h2*7-8,10H,2-6H2,1H3. The molecule has 0 heterocycles. The molecule has 0 aromatic heterocycles. The van der Waals surface area contributed by atoms with Crippen molar-refractivity contribution in [2.24, 2.45) is 11.8 Å². The first-order valence-electron chi connectivity index (χ1n) is 8.41. The second-order valence-electron chi connectivity index (χ2n) is 6.59. The Morgan fingerprint density at radius 2 is 0.950 bits per heavy atom. The Labute approximate surface area is 146 Å². The van der Waals surface area contributed by atoms with Gasteiger partial charge in [0.25, 0.3) is 0 Å². The van der Waals surface area contributed by atoms with Crippen LogP contribution in [0.3, 0.4) is 0 Å². The maximum absolute atomic E-state index is 3.58. The Morgan fingerprint density at radius 1 is 0.650 bits per heavy atom. The summed E-state index contributed by atoms with van der Waals surface area (Å²) in [6, 6.07) is 0. The lowest BCUT2D eigenvalue weighted by Crippen LogP contribution is -2.15. The Balaban J connectivity index is 0.000000200.